The van der Waals surface area contributed by atoms with Crippen LogP contribution in [-0.2, 0) is 0 Å². The molecule has 1 aliphatic heterocycles. The topological polar surface area (TPSA) is 44.4 Å². The van der Waals surface area contributed by atoms with Crippen molar-refractivity contribution in [2.24, 2.45) is 5.92 Å². The Kier molecular flexibility index (Phi) is 6.54. The van der Waals surface area contributed by atoms with Crippen LogP contribution < -0.4 is 10.6 Å². The van der Waals surface area contributed by atoms with E-state index in [9.17, 15) is 13.6 Å². The third kappa shape index (κ3) is 5.44. The van der Waals surface area contributed by atoms with Crippen molar-refractivity contribution >= 4 is 6.03 Å². The Labute approximate surface area is 142 Å². The zero-order valence-corrected chi connectivity index (χ0v) is 14.6. The molecule has 6 heteroatoms. The average Bonchev–Trinajstić information content (AvgIpc) is 2.51. The zero-order chi connectivity index (χ0) is 17.7. The number of hydrogen-bond donors (Lipinski definition) is 2. The second kappa shape index (κ2) is 8.42. The molecule has 2 N–H and O–H groups in total. The fourth-order valence-electron chi connectivity index (χ4n) is 3.12. The third-order valence-electron chi connectivity index (χ3n) is 4.32. The second-order valence-electron chi connectivity index (χ2n) is 6.97. The van der Waals surface area contributed by atoms with Crippen molar-refractivity contribution in [3.05, 3.63) is 35.4 Å². The first kappa shape index (κ1) is 18.6. The molecule has 1 heterocycles. The molecular weight excluding hydrogens is 312 g/mol. The van der Waals surface area contributed by atoms with Gasteiger partial charge in [-0.15, -0.1) is 0 Å². The molecule has 134 valence electrons. The van der Waals surface area contributed by atoms with E-state index in [0.717, 1.165) is 50.7 Å². The van der Waals surface area contributed by atoms with Crippen LogP contribution in [0, 0.1) is 17.6 Å². The van der Waals surface area contributed by atoms with Crippen LogP contribution in [0.25, 0.3) is 0 Å². The van der Waals surface area contributed by atoms with Gasteiger partial charge in [-0.2, -0.15) is 0 Å². The van der Waals surface area contributed by atoms with E-state index in [1.165, 1.54) is 0 Å². The van der Waals surface area contributed by atoms with Crippen LogP contribution in [0.5, 0.6) is 0 Å². The molecule has 0 aliphatic carbocycles. The normalized spacial score (nSPS) is 17.8. The highest BCUT2D eigenvalue weighted by Gasteiger charge is 2.22. The Morgan fingerprint density at radius 3 is 2.54 bits per heavy atom. The van der Waals surface area contributed by atoms with Crippen LogP contribution in [-0.4, -0.2) is 36.6 Å². The maximum Gasteiger partial charge on any atom is 0.315 e. The first-order valence-electron chi connectivity index (χ1n) is 8.59. The number of urea groups is 1. The Balaban J connectivity index is 1.80. The summed E-state index contributed by atoms with van der Waals surface area (Å²) in [5, 5.41) is 5.62. The summed E-state index contributed by atoms with van der Waals surface area (Å²) in [6.07, 6.45) is 1.81. The van der Waals surface area contributed by atoms with Crippen molar-refractivity contribution in [1.82, 2.24) is 15.5 Å². The number of piperidine rings is 1. The summed E-state index contributed by atoms with van der Waals surface area (Å²) in [7, 11) is 0. The second-order valence-corrected chi connectivity index (χ2v) is 6.97. The van der Waals surface area contributed by atoms with E-state index in [1.54, 1.807) is 6.92 Å². The number of halogens is 2. The number of benzene rings is 1. The van der Waals surface area contributed by atoms with Crippen LogP contribution in [0.4, 0.5) is 13.6 Å². The minimum Gasteiger partial charge on any atom is -0.335 e. The largest absolute Gasteiger partial charge is 0.335 e. The third-order valence-corrected chi connectivity index (χ3v) is 4.32. The van der Waals surface area contributed by atoms with Crippen LogP contribution in [0.2, 0.25) is 0 Å². The Morgan fingerprint density at radius 2 is 1.92 bits per heavy atom. The molecule has 0 aromatic heterocycles. The number of rotatable bonds is 5. The lowest BCUT2D eigenvalue weighted by Gasteiger charge is -2.33. The maximum absolute atomic E-state index is 13.7. The fourth-order valence-corrected chi connectivity index (χ4v) is 3.12. The van der Waals surface area contributed by atoms with E-state index in [2.05, 4.69) is 29.4 Å². The van der Waals surface area contributed by atoms with Crippen molar-refractivity contribution in [2.45, 2.75) is 45.7 Å². The molecule has 1 fully saturated rings. The van der Waals surface area contributed by atoms with Gasteiger partial charge in [-0.05, 0) is 43.9 Å². The zero-order valence-electron chi connectivity index (χ0n) is 14.6. The number of likely N-dealkylation sites (tertiary alicyclic amines) is 1. The van der Waals surface area contributed by atoms with Crippen LogP contribution >= 0.6 is 0 Å². The van der Waals surface area contributed by atoms with Crippen molar-refractivity contribution < 1.29 is 13.6 Å². The van der Waals surface area contributed by atoms with Gasteiger partial charge in [0.25, 0.3) is 0 Å². The summed E-state index contributed by atoms with van der Waals surface area (Å²) < 4.78 is 27.0. The summed E-state index contributed by atoms with van der Waals surface area (Å²) in [5.74, 6) is -0.399. The minimum atomic E-state index is -0.596. The van der Waals surface area contributed by atoms with Crippen molar-refractivity contribution in [1.29, 1.82) is 0 Å². The quantitative estimate of drug-likeness (QED) is 0.863. The molecule has 4 nitrogen and oxygen atoms in total. The first-order chi connectivity index (χ1) is 11.3. The molecule has 1 atom stereocenters. The molecule has 0 spiro atoms. The van der Waals surface area contributed by atoms with Gasteiger partial charge in [0, 0.05) is 31.2 Å². The highest BCUT2D eigenvalue weighted by Crippen LogP contribution is 2.18. The highest BCUT2D eigenvalue weighted by molar-refractivity contribution is 5.74. The molecule has 1 aromatic rings. The summed E-state index contributed by atoms with van der Waals surface area (Å²) >= 11 is 0. The molecule has 1 saturated heterocycles. The lowest BCUT2D eigenvalue weighted by molar-refractivity contribution is 0.177. The van der Waals surface area contributed by atoms with Crippen LogP contribution in [0.15, 0.2) is 18.2 Å². The van der Waals surface area contributed by atoms with Crippen LogP contribution in [0.3, 0.4) is 0 Å². The maximum atomic E-state index is 13.7. The smallest absolute Gasteiger partial charge is 0.315 e. The Morgan fingerprint density at radius 1 is 1.25 bits per heavy atom. The number of nitrogens with one attached hydrogen (secondary N) is 2. The molecule has 1 aliphatic rings. The highest BCUT2D eigenvalue weighted by atomic mass is 19.1. The molecule has 0 bridgehead atoms. The molecule has 0 unspecified atom stereocenters. The molecule has 2 amide bonds. The van der Waals surface area contributed by atoms with Gasteiger partial charge in [-0.1, -0.05) is 13.8 Å². The number of hydrogen-bond acceptors (Lipinski definition) is 2. The van der Waals surface area contributed by atoms with Crippen LogP contribution in [0.1, 0.15) is 45.2 Å². The lowest BCUT2D eigenvalue weighted by atomic mass is 10.0. The van der Waals surface area contributed by atoms with Crippen molar-refractivity contribution in [3.63, 3.8) is 0 Å². The molecule has 0 radical (unpaired) electrons. The molecule has 0 saturated carbocycles. The monoisotopic (exact) mass is 339 g/mol. The van der Waals surface area contributed by atoms with E-state index >= 15 is 0 Å². The predicted molar refractivity (Wildman–Crippen MR) is 90.7 cm³/mol. The number of nitrogens with zero attached hydrogens (tertiary/aromatic N) is 1. The summed E-state index contributed by atoms with van der Waals surface area (Å²) in [5.41, 5.74) is 0.150. The van der Waals surface area contributed by atoms with Gasteiger partial charge in [0.1, 0.15) is 11.6 Å². The van der Waals surface area contributed by atoms with Gasteiger partial charge in [0.15, 0.2) is 0 Å². The molecule has 24 heavy (non-hydrogen) atoms. The predicted octanol–water partition coefficient (Wildman–Crippen LogP) is 3.45. The molecular formula is C18H27F2N3O. The van der Waals surface area contributed by atoms with Crippen molar-refractivity contribution in [3.8, 4) is 0 Å². The summed E-state index contributed by atoms with van der Waals surface area (Å²) in [6.45, 7) is 9.06. The van der Waals surface area contributed by atoms with Gasteiger partial charge >= 0.3 is 6.03 Å². The van der Waals surface area contributed by atoms with Crippen molar-refractivity contribution in [2.75, 3.05) is 19.6 Å². The van der Waals surface area contributed by atoms with Gasteiger partial charge in [-0.3, -0.25) is 0 Å². The van der Waals surface area contributed by atoms with Gasteiger partial charge < -0.3 is 15.5 Å². The van der Waals surface area contributed by atoms with Gasteiger partial charge in [0.05, 0.1) is 6.04 Å². The standard InChI is InChI=1S/C18H27F2N3O/c1-12(2)11-23-8-6-15(7-9-23)22-18(24)21-13(3)16-10-14(19)4-5-17(16)20/h4-5,10,12-13,15H,6-9,11H2,1-3H3,(H2,21,22,24)/t13-/m0/s1. The van der Waals surface area contributed by atoms with E-state index in [4.69, 9.17) is 0 Å². The van der Waals surface area contributed by atoms with E-state index in [-0.39, 0.29) is 17.6 Å². The average molecular weight is 339 g/mol. The number of amides is 2. The van der Waals surface area contributed by atoms with Gasteiger partial charge in [0.2, 0.25) is 0 Å². The summed E-state index contributed by atoms with van der Waals surface area (Å²) in [6, 6.07) is 2.44. The molecule has 2 rings (SSSR count). The van der Waals surface area contributed by atoms with E-state index in [1.807, 2.05) is 0 Å². The fraction of sp³-hybridized carbons (Fsp3) is 0.611. The van der Waals surface area contributed by atoms with E-state index < -0.39 is 17.7 Å². The molecule has 1 aromatic carbocycles. The number of carbonyl (C=O) groups excluding carboxylic acids is 1. The number of carbonyl (C=O) groups is 1. The first-order valence-corrected chi connectivity index (χ1v) is 8.59. The minimum absolute atomic E-state index is 0.123. The van der Waals surface area contributed by atoms with E-state index in [0.29, 0.717) is 5.92 Å². The Hall–Kier alpha value is -1.69. The van der Waals surface area contributed by atoms with Gasteiger partial charge in [-0.25, -0.2) is 13.6 Å². The summed E-state index contributed by atoms with van der Waals surface area (Å²) in [4.78, 5) is 14.5. The Bertz CT molecular complexity index is 557. The SMILES string of the molecule is CC(C)CN1CCC(NC(=O)N[C@@H](C)c2cc(F)ccc2F)CC1. The lowest BCUT2D eigenvalue weighted by Crippen LogP contribution is -2.48.